The standard InChI is InChI=1S/C24H38O5/c1-16-9-8-12-24(7,29-18(3)26)15-20(28-17(2)25)21-19(22(4,5)27)11-14-23(21,6)13-10-16/h8,10,12-13,16,19-21,27H,9,11,14-15H2,1-7H3/b12-8+,13-10+/t16-,19?,20+,21?,23+,24-/m1/s1. The van der Waals surface area contributed by atoms with Crippen molar-refractivity contribution in [3.63, 3.8) is 0 Å². The molecule has 1 fully saturated rings. The van der Waals surface area contributed by atoms with E-state index in [1.54, 1.807) is 0 Å². The average molecular weight is 407 g/mol. The minimum atomic E-state index is -0.909. The summed E-state index contributed by atoms with van der Waals surface area (Å²) in [5.41, 5.74) is -2.02. The van der Waals surface area contributed by atoms with Gasteiger partial charge in [-0.05, 0) is 63.4 Å². The first-order valence-electron chi connectivity index (χ1n) is 10.7. The largest absolute Gasteiger partial charge is 0.462 e. The van der Waals surface area contributed by atoms with Crippen LogP contribution in [0.15, 0.2) is 24.3 Å². The third-order valence-electron chi connectivity index (χ3n) is 6.58. The van der Waals surface area contributed by atoms with Crippen molar-refractivity contribution >= 4 is 11.9 Å². The molecule has 6 atom stereocenters. The van der Waals surface area contributed by atoms with Gasteiger partial charge in [0.25, 0.3) is 0 Å². The Bertz CT molecular complexity index is 673. The second kappa shape index (κ2) is 8.63. The van der Waals surface area contributed by atoms with E-state index in [1.807, 2.05) is 32.9 Å². The molecule has 5 heteroatoms. The molecule has 29 heavy (non-hydrogen) atoms. The van der Waals surface area contributed by atoms with E-state index >= 15 is 0 Å². The predicted molar refractivity (Wildman–Crippen MR) is 113 cm³/mol. The van der Waals surface area contributed by atoms with Gasteiger partial charge in [-0.3, -0.25) is 9.59 Å². The molecule has 0 spiro atoms. The van der Waals surface area contributed by atoms with Gasteiger partial charge in [0.2, 0.25) is 0 Å². The summed E-state index contributed by atoms with van der Waals surface area (Å²) in [5.74, 6) is -0.524. The number of carbonyl (C=O) groups is 2. The first kappa shape index (κ1) is 23.7. The van der Waals surface area contributed by atoms with E-state index in [9.17, 15) is 14.7 Å². The normalized spacial score (nSPS) is 40.3. The van der Waals surface area contributed by atoms with Gasteiger partial charge in [0.15, 0.2) is 0 Å². The Morgan fingerprint density at radius 1 is 1.14 bits per heavy atom. The van der Waals surface area contributed by atoms with Crippen LogP contribution < -0.4 is 0 Å². The van der Waals surface area contributed by atoms with Crippen LogP contribution in [0.25, 0.3) is 0 Å². The van der Waals surface area contributed by atoms with Crippen LogP contribution in [0.3, 0.4) is 0 Å². The van der Waals surface area contributed by atoms with Gasteiger partial charge in [0, 0.05) is 26.2 Å². The van der Waals surface area contributed by atoms with Gasteiger partial charge in [-0.1, -0.05) is 32.1 Å². The summed E-state index contributed by atoms with van der Waals surface area (Å²) in [7, 11) is 0. The lowest BCUT2D eigenvalue weighted by molar-refractivity contribution is -0.165. The Hall–Kier alpha value is -1.62. The van der Waals surface area contributed by atoms with Crippen LogP contribution in [0, 0.1) is 23.2 Å². The minimum Gasteiger partial charge on any atom is -0.462 e. The zero-order valence-corrected chi connectivity index (χ0v) is 19.0. The van der Waals surface area contributed by atoms with E-state index in [2.05, 4.69) is 26.0 Å². The number of hydrogen-bond acceptors (Lipinski definition) is 5. The summed E-state index contributed by atoms with van der Waals surface area (Å²) in [6.45, 7) is 12.7. The number of carbonyl (C=O) groups excluding carboxylic acids is 2. The number of rotatable bonds is 3. The summed E-state index contributed by atoms with van der Waals surface area (Å²) in [4.78, 5) is 23.9. The molecule has 0 amide bonds. The van der Waals surface area contributed by atoms with Crippen LogP contribution in [0.2, 0.25) is 0 Å². The fourth-order valence-corrected chi connectivity index (χ4v) is 5.26. The van der Waals surface area contributed by atoms with Gasteiger partial charge in [0.1, 0.15) is 11.7 Å². The SMILES string of the molecule is CC(=O)O[C@H]1C[C@](C)(OC(C)=O)/C=C/C[C@@H](C)/C=C/[C@@]2(C)CCC(C(C)(C)O)C12. The van der Waals surface area contributed by atoms with Crippen LogP contribution in [0.4, 0.5) is 0 Å². The van der Waals surface area contributed by atoms with Crippen molar-refractivity contribution in [1.82, 2.24) is 0 Å². The van der Waals surface area contributed by atoms with Crippen molar-refractivity contribution in [2.75, 3.05) is 0 Å². The van der Waals surface area contributed by atoms with Crippen LogP contribution in [0.5, 0.6) is 0 Å². The molecular weight excluding hydrogens is 368 g/mol. The second-order valence-electron chi connectivity index (χ2n) is 10.1. The van der Waals surface area contributed by atoms with Gasteiger partial charge in [0.05, 0.1) is 5.60 Å². The van der Waals surface area contributed by atoms with Gasteiger partial charge in [-0.25, -0.2) is 0 Å². The van der Waals surface area contributed by atoms with Crippen molar-refractivity contribution in [3.8, 4) is 0 Å². The molecule has 2 aliphatic carbocycles. The summed E-state index contributed by atoms with van der Waals surface area (Å²) in [6, 6.07) is 0. The first-order valence-corrected chi connectivity index (χ1v) is 10.7. The summed E-state index contributed by atoms with van der Waals surface area (Å²) >= 11 is 0. The molecule has 164 valence electrons. The number of allylic oxidation sites excluding steroid dienone is 3. The minimum absolute atomic E-state index is 0.0388. The number of fused-ring (bicyclic) bond motifs is 1. The second-order valence-corrected chi connectivity index (χ2v) is 10.1. The quantitative estimate of drug-likeness (QED) is 0.548. The van der Waals surface area contributed by atoms with Gasteiger partial charge in [-0.2, -0.15) is 0 Å². The van der Waals surface area contributed by atoms with Crippen molar-refractivity contribution in [1.29, 1.82) is 0 Å². The maximum atomic E-state index is 12.0. The van der Waals surface area contributed by atoms with Gasteiger partial charge >= 0.3 is 11.9 Å². The Morgan fingerprint density at radius 3 is 2.34 bits per heavy atom. The van der Waals surface area contributed by atoms with Gasteiger partial charge < -0.3 is 14.6 Å². The molecule has 2 rings (SSSR count). The van der Waals surface area contributed by atoms with Crippen LogP contribution in [-0.4, -0.2) is 34.4 Å². The van der Waals surface area contributed by atoms with Gasteiger partial charge in [-0.15, -0.1) is 0 Å². The lowest BCUT2D eigenvalue weighted by atomic mass is 9.68. The molecule has 0 heterocycles. The molecular formula is C24H38O5. The first-order chi connectivity index (χ1) is 13.3. The van der Waals surface area contributed by atoms with Crippen LogP contribution in [-0.2, 0) is 19.1 Å². The molecule has 0 aromatic heterocycles. The summed E-state index contributed by atoms with van der Waals surface area (Å²) < 4.78 is 11.6. The highest BCUT2D eigenvalue weighted by molar-refractivity contribution is 5.67. The molecule has 0 radical (unpaired) electrons. The van der Waals surface area contributed by atoms with Crippen molar-refractivity contribution in [2.45, 2.75) is 91.5 Å². The molecule has 0 saturated heterocycles. The molecule has 1 N–H and O–H groups in total. The summed E-state index contributed by atoms with van der Waals surface area (Å²) in [6.07, 6.45) is 10.9. The third-order valence-corrected chi connectivity index (χ3v) is 6.58. The number of ether oxygens (including phenoxy) is 2. The fourth-order valence-electron chi connectivity index (χ4n) is 5.26. The molecule has 5 nitrogen and oxygen atoms in total. The van der Waals surface area contributed by atoms with E-state index in [1.165, 1.54) is 13.8 Å². The molecule has 0 bridgehead atoms. The van der Waals surface area contributed by atoms with Crippen LogP contribution >= 0.6 is 0 Å². The zero-order chi connectivity index (χ0) is 22.0. The molecule has 1 saturated carbocycles. The number of aliphatic hydroxyl groups is 1. The Labute approximate surface area is 175 Å². The van der Waals surface area contributed by atoms with E-state index < -0.39 is 17.3 Å². The van der Waals surface area contributed by atoms with E-state index in [4.69, 9.17) is 9.47 Å². The van der Waals surface area contributed by atoms with Crippen molar-refractivity contribution in [2.24, 2.45) is 23.2 Å². The smallest absolute Gasteiger partial charge is 0.303 e. The topological polar surface area (TPSA) is 72.8 Å². The summed E-state index contributed by atoms with van der Waals surface area (Å²) in [5, 5.41) is 10.9. The molecule has 0 aromatic carbocycles. The lowest BCUT2D eigenvalue weighted by Crippen LogP contribution is -2.47. The predicted octanol–water partition coefficient (Wildman–Crippen LogP) is 4.59. The highest BCUT2D eigenvalue weighted by Crippen LogP contribution is 2.55. The van der Waals surface area contributed by atoms with Crippen molar-refractivity contribution < 1.29 is 24.2 Å². The molecule has 2 aliphatic rings. The fraction of sp³-hybridized carbons (Fsp3) is 0.750. The van der Waals surface area contributed by atoms with E-state index in [0.29, 0.717) is 12.3 Å². The maximum Gasteiger partial charge on any atom is 0.303 e. The van der Waals surface area contributed by atoms with E-state index in [-0.39, 0.29) is 29.2 Å². The molecule has 0 aliphatic heterocycles. The van der Waals surface area contributed by atoms with Crippen LogP contribution in [0.1, 0.15) is 74.1 Å². The monoisotopic (exact) mass is 406 g/mol. The third kappa shape index (κ3) is 5.94. The lowest BCUT2D eigenvalue weighted by Gasteiger charge is -2.43. The average Bonchev–Trinajstić information content (AvgIpc) is 2.88. The maximum absolute atomic E-state index is 12.0. The Balaban J connectivity index is 2.59. The molecule has 0 aromatic rings. The highest BCUT2D eigenvalue weighted by atomic mass is 16.6. The highest BCUT2D eigenvalue weighted by Gasteiger charge is 2.54. The van der Waals surface area contributed by atoms with Crippen molar-refractivity contribution in [3.05, 3.63) is 24.3 Å². The zero-order valence-electron chi connectivity index (χ0n) is 19.0. The van der Waals surface area contributed by atoms with E-state index in [0.717, 1.165) is 19.3 Å². The Kier molecular flexibility index (Phi) is 7.04. The number of esters is 2. The molecule has 2 unspecified atom stereocenters. The number of hydrogen-bond donors (Lipinski definition) is 1. The Morgan fingerprint density at radius 2 is 1.79 bits per heavy atom.